The van der Waals surface area contributed by atoms with Crippen molar-refractivity contribution in [3.8, 4) is 0 Å². The topological polar surface area (TPSA) is 79.3 Å². The number of amides is 1. The molecule has 178 valence electrons. The van der Waals surface area contributed by atoms with Crippen LogP contribution >= 0.6 is 0 Å². The first-order valence-corrected chi connectivity index (χ1v) is 10.4. The normalized spacial score (nSPS) is 26.1. The lowest BCUT2D eigenvalue weighted by Crippen LogP contribution is -2.51. The number of alkyl halides is 3. The van der Waals surface area contributed by atoms with E-state index in [1.165, 1.54) is 12.1 Å². The molecule has 3 fully saturated rings. The molecular formula is C21H26F4N2O5. The minimum Gasteiger partial charge on any atom is -0.475 e. The van der Waals surface area contributed by atoms with Crippen molar-refractivity contribution >= 4 is 11.9 Å². The Morgan fingerprint density at radius 1 is 1.06 bits per heavy atom. The van der Waals surface area contributed by atoms with Crippen LogP contribution in [-0.4, -0.2) is 90.6 Å². The van der Waals surface area contributed by atoms with Crippen molar-refractivity contribution in [3.63, 3.8) is 0 Å². The summed E-state index contributed by atoms with van der Waals surface area (Å²) in [4.78, 5) is 26.2. The molecule has 3 saturated heterocycles. The van der Waals surface area contributed by atoms with E-state index in [1.807, 2.05) is 4.90 Å². The molecule has 3 aliphatic heterocycles. The van der Waals surface area contributed by atoms with E-state index < -0.39 is 12.1 Å². The average Bonchev–Trinajstić information content (AvgIpc) is 3.16. The fraction of sp³-hybridized carbons (Fsp3) is 0.619. The lowest BCUT2D eigenvalue weighted by atomic mass is 9.99. The van der Waals surface area contributed by atoms with E-state index in [1.54, 1.807) is 12.1 Å². The van der Waals surface area contributed by atoms with Crippen molar-refractivity contribution < 1.29 is 41.7 Å². The summed E-state index contributed by atoms with van der Waals surface area (Å²) in [6, 6.07) is 6.63. The van der Waals surface area contributed by atoms with E-state index in [-0.39, 0.29) is 29.9 Å². The third-order valence-corrected chi connectivity index (χ3v) is 5.84. The Bertz CT molecular complexity index is 783. The maximum Gasteiger partial charge on any atom is 0.490 e. The van der Waals surface area contributed by atoms with Crippen molar-refractivity contribution in [2.75, 3.05) is 39.5 Å². The molecule has 0 saturated carbocycles. The van der Waals surface area contributed by atoms with Crippen LogP contribution in [0.4, 0.5) is 17.6 Å². The fourth-order valence-electron chi connectivity index (χ4n) is 4.33. The number of aliphatic carboxylic acids is 1. The number of carboxylic acids is 1. The van der Waals surface area contributed by atoms with Gasteiger partial charge in [0, 0.05) is 26.2 Å². The highest BCUT2D eigenvalue weighted by Crippen LogP contribution is 2.32. The summed E-state index contributed by atoms with van der Waals surface area (Å²) in [6.45, 7) is 4.79. The van der Waals surface area contributed by atoms with Gasteiger partial charge in [0.15, 0.2) is 0 Å². The van der Waals surface area contributed by atoms with E-state index >= 15 is 0 Å². The van der Waals surface area contributed by atoms with Crippen LogP contribution < -0.4 is 0 Å². The number of carbonyl (C=O) groups is 2. The maximum atomic E-state index is 13.1. The molecule has 0 bridgehead atoms. The second kappa shape index (κ2) is 10.6. The maximum absolute atomic E-state index is 13.1. The predicted octanol–water partition coefficient (Wildman–Crippen LogP) is 2.09. The molecule has 3 aliphatic rings. The number of halogens is 4. The van der Waals surface area contributed by atoms with Gasteiger partial charge in [-0.3, -0.25) is 9.69 Å². The summed E-state index contributed by atoms with van der Waals surface area (Å²) in [7, 11) is 0. The summed E-state index contributed by atoms with van der Waals surface area (Å²) < 4.78 is 56.4. The second-order valence-electron chi connectivity index (χ2n) is 7.91. The van der Waals surface area contributed by atoms with Crippen molar-refractivity contribution in [1.29, 1.82) is 0 Å². The molecule has 3 heterocycles. The molecule has 0 unspecified atom stereocenters. The summed E-state index contributed by atoms with van der Waals surface area (Å²) >= 11 is 0. The van der Waals surface area contributed by atoms with Crippen molar-refractivity contribution in [2.45, 2.75) is 43.6 Å². The summed E-state index contributed by atoms with van der Waals surface area (Å²) in [5.74, 6) is -2.92. The van der Waals surface area contributed by atoms with Gasteiger partial charge < -0.3 is 19.5 Å². The number of fused-ring (bicyclic) bond motifs is 1. The number of nitrogens with zero attached hydrogens (tertiary/aromatic N) is 2. The Labute approximate surface area is 182 Å². The number of ether oxygens (including phenoxy) is 2. The van der Waals surface area contributed by atoms with Crippen LogP contribution in [0.2, 0.25) is 0 Å². The monoisotopic (exact) mass is 462 g/mol. The molecule has 0 aliphatic carbocycles. The van der Waals surface area contributed by atoms with Crippen LogP contribution in [0.15, 0.2) is 24.3 Å². The number of likely N-dealkylation sites (tertiary alicyclic amines) is 1. The van der Waals surface area contributed by atoms with E-state index in [0.717, 1.165) is 57.9 Å². The number of benzene rings is 1. The van der Waals surface area contributed by atoms with E-state index in [0.29, 0.717) is 6.42 Å². The summed E-state index contributed by atoms with van der Waals surface area (Å²) in [5.41, 5.74) is 0.856. The van der Waals surface area contributed by atoms with Crippen molar-refractivity contribution in [1.82, 2.24) is 9.80 Å². The first-order valence-electron chi connectivity index (χ1n) is 10.4. The van der Waals surface area contributed by atoms with Crippen LogP contribution in [0.3, 0.4) is 0 Å². The molecule has 4 rings (SSSR count). The van der Waals surface area contributed by atoms with Crippen LogP contribution in [0.5, 0.6) is 0 Å². The molecule has 3 atom stereocenters. The van der Waals surface area contributed by atoms with Gasteiger partial charge in [0.05, 0.1) is 37.8 Å². The molecule has 1 aromatic carbocycles. The molecule has 1 amide bonds. The zero-order chi connectivity index (χ0) is 23.3. The Morgan fingerprint density at radius 3 is 2.28 bits per heavy atom. The van der Waals surface area contributed by atoms with E-state index in [2.05, 4.69) is 4.90 Å². The quantitative estimate of drug-likeness (QED) is 0.694. The molecule has 11 heteroatoms. The fourth-order valence-corrected chi connectivity index (χ4v) is 4.33. The van der Waals surface area contributed by atoms with E-state index in [9.17, 15) is 22.4 Å². The van der Waals surface area contributed by atoms with Crippen LogP contribution in [0.25, 0.3) is 0 Å². The molecule has 1 N–H and O–H groups in total. The highest BCUT2D eigenvalue weighted by atomic mass is 19.4. The summed E-state index contributed by atoms with van der Waals surface area (Å²) in [5, 5.41) is 7.12. The van der Waals surface area contributed by atoms with E-state index in [4.69, 9.17) is 19.4 Å². The van der Waals surface area contributed by atoms with Gasteiger partial charge in [0.1, 0.15) is 5.82 Å². The molecule has 7 nitrogen and oxygen atoms in total. The number of carboxylic acid groups (broad SMARTS) is 1. The number of hydrogen-bond acceptors (Lipinski definition) is 5. The first kappa shape index (κ1) is 24.4. The van der Waals surface area contributed by atoms with Crippen LogP contribution in [0.1, 0.15) is 18.4 Å². The number of hydrogen-bond donors (Lipinski definition) is 1. The third kappa shape index (κ3) is 6.17. The Hall–Kier alpha value is -2.24. The Balaban J connectivity index is 0.000000360. The van der Waals surface area contributed by atoms with Crippen LogP contribution in [-0.2, 0) is 25.5 Å². The van der Waals surface area contributed by atoms with Crippen molar-refractivity contribution in [3.05, 3.63) is 35.6 Å². The molecular weight excluding hydrogens is 436 g/mol. The smallest absolute Gasteiger partial charge is 0.475 e. The Kier molecular flexibility index (Phi) is 8.07. The molecule has 0 spiro atoms. The van der Waals surface area contributed by atoms with Gasteiger partial charge in [-0.15, -0.1) is 0 Å². The molecule has 1 aromatic rings. The second-order valence-corrected chi connectivity index (χ2v) is 7.91. The van der Waals surface area contributed by atoms with Gasteiger partial charge in [-0.1, -0.05) is 12.1 Å². The van der Waals surface area contributed by atoms with Gasteiger partial charge in [-0.25, -0.2) is 9.18 Å². The minimum absolute atomic E-state index is 0.101. The van der Waals surface area contributed by atoms with Crippen molar-refractivity contribution in [2.24, 2.45) is 0 Å². The average molecular weight is 462 g/mol. The lowest BCUT2D eigenvalue weighted by Gasteiger charge is -2.37. The van der Waals surface area contributed by atoms with Gasteiger partial charge in [-0.05, 0) is 30.5 Å². The third-order valence-electron chi connectivity index (χ3n) is 5.84. The van der Waals surface area contributed by atoms with Gasteiger partial charge in [-0.2, -0.15) is 13.2 Å². The van der Waals surface area contributed by atoms with Gasteiger partial charge >= 0.3 is 12.1 Å². The highest BCUT2D eigenvalue weighted by Gasteiger charge is 2.48. The zero-order valence-corrected chi connectivity index (χ0v) is 17.4. The van der Waals surface area contributed by atoms with Crippen LogP contribution in [0, 0.1) is 5.82 Å². The standard InChI is InChI=1S/C19H25FN2O3.C2HF3O2/c20-15-5-3-14(4-6-15)12-18(23)22-13-17(21-7-10-24-11-8-21)19-16(22)2-1-9-25-19;3-2(4,5)1(6)7/h3-6,16-17,19H,1-2,7-13H2;(H,6,7)/t16-,17-,19+;/m0./s1. The summed E-state index contributed by atoms with van der Waals surface area (Å²) in [6.07, 6.45) is -2.67. The largest absolute Gasteiger partial charge is 0.490 e. The Morgan fingerprint density at radius 2 is 1.69 bits per heavy atom. The lowest BCUT2D eigenvalue weighted by molar-refractivity contribution is -0.192. The SMILES string of the molecule is O=C(Cc1ccc(F)cc1)N1C[C@H](N2CCOCC2)[C@@H]2OCCC[C@@H]21.O=C(O)C(F)(F)F. The number of morpholine rings is 1. The highest BCUT2D eigenvalue weighted by molar-refractivity contribution is 5.79. The predicted molar refractivity (Wildman–Crippen MR) is 104 cm³/mol. The first-order chi connectivity index (χ1) is 15.2. The molecule has 32 heavy (non-hydrogen) atoms. The number of carbonyl (C=O) groups excluding carboxylic acids is 1. The molecule has 0 radical (unpaired) electrons. The molecule has 0 aromatic heterocycles. The number of rotatable bonds is 3. The zero-order valence-electron chi connectivity index (χ0n) is 17.4. The van der Waals surface area contributed by atoms with Gasteiger partial charge in [0.25, 0.3) is 0 Å². The minimum atomic E-state index is -5.08. The van der Waals surface area contributed by atoms with Gasteiger partial charge in [0.2, 0.25) is 5.91 Å².